The molecule has 0 amide bonds. The number of likely N-dealkylation sites (tertiary alicyclic amines) is 1. The van der Waals surface area contributed by atoms with E-state index in [1.807, 2.05) is 24.4 Å². The van der Waals surface area contributed by atoms with Crippen LogP contribution in [0.25, 0.3) is 0 Å². The number of hydrogen-bond acceptors (Lipinski definition) is 3. The van der Waals surface area contributed by atoms with Crippen LogP contribution in [0.15, 0.2) is 24.4 Å². The van der Waals surface area contributed by atoms with Gasteiger partial charge in [0.1, 0.15) is 0 Å². The Kier molecular flexibility index (Phi) is 4.31. The standard InChI is InChI=1S/C14H20N2O2/c1-11(13-4-2-3-7-15-13)16-8-5-12(6-9-16)10-14(17)18/h2-4,7,11-12H,5-6,8-10H2,1H3,(H,17,18). The molecular formula is C14H20N2O2. The molecule has 0 aliphatic carbocycles. The van der Waals surface area contributed by atoms with Crippen LogP contribution < -0.4 is 0 Å². The average Bonchev–Trinajstić information content (AvgIpc) is 2.39. The van der Waals surface area contributed by atoms with Crippen molar-refractivity contribution in [1.82, 2.24) is 9.88 Å². The van der Waals surface area contributed by atoms with E-state index >= 15 is 0 Å². The van der Waals surface area contributed by atoms with Crippen LogP contribution in [-0.2, 0) is 4.79 Å². The molecule has 1 aromatic heterocycles. The lowest BCUT2D eigenvalue weighted by Gasteiger charge is -2.35. The predicted molar refractivity (Wildman–Crippen MR) is 69.2 cm³/mol. The quantitative estimate of drug-likeness (QED) is 0.888. The van der Waals surface area contributed by atoms with Crippen molar-refractivity contribution < 1.29 is 9.90 Å². The summed E-state index contributed by atoms with van der Waals surface area (Å²) in [7, 11) is 0. The van der Waals surface area contributed by atoms with Crippen molar-refractivity contribution >= 4 is 5.97 Å². The molecular weight excluding hydrogens is 228 g/mol. The lowest BCUT2D eigenvalue weighted by atomic mass is 9.92. The smallest absolute Gasteiger partial charge is 0.303 e. The van der Waals surface area contributed by atoms with E-state index in [-0.39, 0.29) is 0 Å². The van der Waals surface area contributed by atoms with Gasteiger partial charge in [-0.05, 0) is 50.9 Å². The highest BCUT2D eigenvalue weighted by atomic mass is 16.4. The van der Waals surface area contributed by atoms with Gasteiger partial charge in [-0.25, -0.2) is 0 Å². The van der Waals surface area contributed by atoms with Crippen LogP contribution in [-0.4, -0.2) is 34.0 Å². The second-order valence-corrected chi connectivity index (χ2v) is 5.01. The molecule has 18 heavy (non-hydrogen) atoms. The number of pyridine rings is 1. The van der Waals surface area contributed by atoms with Crippen molar-refractivity contribution in [3.63, 3.8) is 0 Å². The maximum atomic E-state index is 10.7. The molecule has 1 unspecified atom stereocenters. The summed E-state index contributed by atoms with van der Waals surface area (Å²) >= 11 is 0. The van der Waals surface area contributed by atoms with Crippen LogP contribution in [0, 0.1) is 5.92 Å². The molecule has 1 aliphatic rings. The zero-order chi connectivity index (χ0) is 13.0. The number of carboxylic acid groups (broad SMARTS) is 1. The summed E-state index contributed by atoms with van der Waals surface area (Å²) in [6.07, 6.45) is 4.09. The fraction of sp³-hybridized carbons (Fsp3) is 0.571. The second kappa shape index (κ2) is 5.96. The van der Waals surface area contributed by atoms with Crippen molar-refractivity contribution in [1.29, 1.82) is 0 Å². The molecule has 98 valence electrons. The molecule has 0 spiro atoms. The molecule has 4 heteroatoms. The highest BCUT2D eigenvalue weighted by Crippen LogP contribution is 2.26. The highest BCUT2D eigenvalue weighted by Gasteiger charge is 2.25. The summed E-state index contributed by atoms with van der Waals surface area (Å²) in [6.45, 7) is 4.10. The van der Waals surface area contributed by atoms with Crippen LogP contribution in [0.5, 0.6) is 0 Å². The Balaban J connectivity index is 1.88. The Morgan fingerprint density at radius 1 is 1.50 bits per heavy atom. The minimum absolute atomic E-state index is 0.311. The van der Waals surface area contributed by atoms with Crippen molar-refractivity contribution in [3.8, 4) is 0 Å². The highest BCUT2D eigenvalue weighted by molar-refractivity contribution is 5.67. The largest absolute Gasteiger partial charge is 0.481 e. The van der Waals surface area contributed by atoms with Gasteiger partial charge in [0.25, 0.3) is 0 Å². The fourth-order valence-electron chi connectivity index (χ4n) is 2.60. The number of carboxylic acids is 1. The van der Waals surface area contributed by atoms with Crippen molar-refractivity contribution in [3.05, 3.63) is 30.1 Å². The molecule has 0 saturated carbocycles. The van der Waals surface area contributed by atoms with Crippen LogP contribution in [0.1, 0.15) is 37.9 Å². The van der Waals surface area contributed by atoms with E-state index in [2.05, 4.69) is 16.8 Å². The number of piperidine rings is 1. The SMILES string of the molecule is CC(c1ccccn1)N1CCC(CC(=O)O)CC1. The summed E-state index contributed by atoms with van der Waals surface area (Å²) in [6, 6.07) is 6.30. The average molecular weight is 248 g/mol. The topological polar surface area (TPSA) is 53.4 Å². The molecule has 1 atom stereocenters. The van der Waals surface area contributed by atoms with Gasteiger partial charge in [-0.3, -0.25) is 14.7 Å². The van der Waals surface area contributed by atoms with E-state index in [1.54, 1.807) is 0 Å². The van der Waals surface area contributed by atoms with Crippen LogP contribution in [0.3, 0.4) is 0 Å². The van der Waals surface area contributed by atoms with Crippen LogP contribution >= 0.6 is 0 Å². The van der Waals surface area contributed by atoms with Gasteiger partial charge in [0.15, 0.2) is 0 Å². The third-order valence-electron chi connectivity index (χ3n) is 3.78. The normalized spacial score (nSPS) is 19.6. The maximum absolute atomic E-state index is 10.7. The van der Waals surface area contributed by atoms with Crippen LogP contribution in [0.2, 0.25) is 0 Å². The van der Waals surface area contributed by atoms with Gasteiger partial charge < -0.3 is 5.11 Å². The molecule has 1 aliphatic heterocycles. The first-order valence-corrected chi connectivity index (χ1v) is 6.53. The number of nitrogens with zero attached hydrogens (tertiary/aromatic N) is 2. The molecule has 1 N–H and O–H groups in total. The molecule has 1 saturated heterocycles. The van der Waals surface area contributed by atoms with E-state index in [4.69, 9.17) is 5.11 Å². The number of aliphatic carboxylic acids is 1. The zero-order valence-corrected chi connectivity index (χ0v) is 10.7. The molecule has 0 aromatic carbocycles. The van der Waals surface area contributed by atoms with E-state index < -0.39 is 5.97 Å². The number of rotatable bonds is 4. The molecule has 4 nitrogen and oxygen atoms in total. The summed E-state index contributed by atoms with van der Waals surface area (Å²) in [5, 5.41) is 8.80. The van der Waals surface area contributed by atoms with E-state index in [0.717, 1.165) is 31.6 Å². The minimum Gasteiger partial charge on any atom is -0.481 e. The summed E-state index contributed by atoms with van der Waals surface area (Å²) < 4.78 is 0. The molecule has 1 fully saturated rings. The maximum Gasteiger partial charge on any atom is 0.303 e. The number of carbonyl (C=O) groups is 1. The van der Waals surface area contributed by atoms with Gasteiger partial charge in [0.2, 0.25) is 0 Å². The zero-order valence-electron chi connectivity index (χ0n) is 10.7. The Morgan fingerprint density at radius 3 is 2.78 bits per heavy atom. The Labute approximate surface area is 108 Å². The van der Waals surface area contributed by atoms with Crippen molar-refractivity contribution in [2.45, 2.75) is 32.2 Å². The van der Waals surface area contributed by atoms with E-state index in [9.17, 15) is 4.79 Å². The van der Waals surface area contributed by atoms with Crippen molar-refractivity contribution in [2.24, 2.45) is 5.92 Å². The van der Waals surface area contributed by atoms with Gasteiger partial charge >= 0.3 is 5.97 Å². The fourth-order valence-corrected chi connectivity index (χ4v) is 2.60. The van der Waals surface area contributed by atoms with Gasteiger partial charge in [-0.2, -0.15) is 0 Å². The Bertz CT molecular complexity index is 386. The molecule has 1 aromatic rings. The number of aromatic nitrogens is 1. The van der Waals surface area contributed by atoms with Gasteiger partial charge in [-0.15, -0.1) is 0 Å². The van der Waals surface area contributed by atoms with Gasteiger partial charge in [0.05, 0.1) is 5.69 Å². The molecule has 2 heterocycles. The first-order chi connectivity index (χ1) is 8.66. The van der Waals surface area contributed by atoms with Crippen LogP contribution in [0.4, 0.5) is 0 Å². The molecule has 0 bridgehead atoms. The van der Waals surface area contributed by atoms with Crippen molar-refractivity contribution in [2.75, 3.05) is 13.1 Å². The Hall–Kier alpha value is -1.42. The third-order valence-corrected chi connectivity index (χ3v) is 3.78. The molecule has 2 rings (SSSR count). The lowest BCUT2D eigenvalue weighted by Crippen LogP contribution is -2.36. The first kappa shape index (κ1) is 13.0. The molecule has 0 radical (unpaired) electrons. The predicted octanol–water partition coefficient (Wildman–Crippen LogP) is 2.33. The first-order valence-electron chi connectivity index (χ1n) is 6.53. The Morgan fingerprint density at radius 2 is 2.22 bits per heavy atom. The third kappa shape index (κ3) is 3.29. The van der Waals surface area contributed by atoms with Gasteiger partial charge in [0, 0.05) is 18.7 Å². The van der Waals surface area contributed by atoms with E-state index in [0.29, 0.717) is 18.4 Å². The lowest BCUT2D eigenvalue weighted by molar-refractivity contribution is -0.138. The van der Waals surface area contributed by atoms with E-state index in [1.165, 1.54) is 0 Å². The minimum atomic E-state index is -0.675. The summed E-state index contributed by atoms with van der Waals surface area (Å²) in [5.41, 5.74) is 1.09. The summed E-state index contributed by atoms with van der Waals surface area (Å²) in [5.74, 6) is -0.332. The van der Waals surface area contributed by atoms with Gasteiger partial charge in [-0.1, -0.05) is 6.07 Å². The summed E-state index contributed by atoms with van der Waals surface area (Å²) in [4.78, 5) is 17.5. The second-order valence-electron chi connectivity index (χ2n) is 5.01. The monoisotopic (exact) mass is 248 g/mol. The number of hydrogen-bond donors (Lipinski definition) is 1.